The maximum Gasteiger partial charge on any atom is 0.324 e. The molecule has 0 saturated carbocycles. The van der Waals surface area contributed by atoms with Gasteiger partial charge in [0.25, 0.3) is 5.91 Å². The summed E-state index contributed by atoms with van der Waals surface area (Å²) in [5.74, 6) is -0.899. The van der Waals surface area contributed by atoms with Gasteiger partial charge in [-0.3, -0.25) is 15.3 Å². The van der Waals surface area contributed by atoms with Crippen molar-refractivity contribution < 1.29 is 14.3 Å². The minimum Gasteiger partial charge on any atom is -0.436 e. The average Bonchev–Trinajstić information content (AvgIpc) is 2.27. The van der Waals surface area contributed by atoms with Crippen LogP contribution in [-0.4, -0.2) is 56.2 Å². The van der Waals surface area contributed by atoms with Crippen LogP contribution in [0.25, 0.3) is 0 Å². The van der Waals surface area contributed by atoms with Crippen LogP contribution in [0.5, 0.6) is 0 Å². The summed E-state index contributed by atoms with van der Waals surface area (Å²) in [6, 6.07) is -0.749. The lowest BCUT2D eigenvalue weighted by Gasteiger charge is -2.18. The summed E-state index contributed by atoms with van der Waals surface area (Å²) in [4.78, 5) is 25.0. The van der Waals surface area contributed by atoms with E-state index in [2.05, 4.69) is 5.32 Å². The highest BCUT2D eigenvalue weighted by Crippen LogP contribution is 2.04. The number of rotatable bonds is 8. The molecule has 0 bridgehead atoms. The normalized spacial score (nSPS) is 14.3. The van der Waals surface area contributed by atoms with Crippen molar-refractivity contribution in [3.05, 3.63) is 0 Å². The number of esters is 1. The van der Waals surface area contributed by atoms with Gasteiger partial charge in [0.15, 0.2) is 0 Å². The van der Waals surface area contributed by atoms with E-state index in [1.54, 1.807) is 0 Å². The van der Waals surface area contributed by atoms with Crippen LogP contribution >= 0.6 is 0 Å². The number of hydrogen-bond acceptors (Lipinski definition) is 6. The number of nitrogens with two attached hydrogens (primary N) is 2. The van der Waals surface area contributed by atoms with E-state index in [0.717, 1.165) is 0 Å². The highest BCUT2D eigenvalue weighted by atomic mass is 16.6. The minimum absolute atomic E-state index is 0.271. The SMILES string of the molecule is CC(C)C[C@@H](N)C(=O)O[C@H](N)C(=O)NCCN(C)C. The number of nitrogens with one attached hydrogen (secondary N) is 1. The molecule has 0 aromatic rings. The van der Waals surface area contributed by atoms with Crippen molar-refractivity contribution in [2.75, 3.05) is 27.2 Å². The number of carbonyl (C=O) groups is 2. The Bertz CT molecular complexity index is 295. The molecule has 0 spiro atoms. The molecule has 0 aromatic carbocycles. The average molecular weight is 274 g/mol. The third-order valence-electron chi connectivity index (χ3n) is 2.39. The Hall–Kier alpha value is -1.18. The largest absolute Gasteiger partial charge is 0.436 e. The Balaban J connectivity index is 4.03. The van der Waals surface area contributed by atoms with Gasteiger partial charge in [0.1, 0.15) is 6.04 Å². The van der Waals surface area contributed by atoms with Crippen molar-refractivity contribution in [3.8, 4) is 0 Å². The van der Waals surface area contributed by atoms with Crippen molar-refractivity contribution in [1.82, 2.24) is 10.2 Å². The van der Waals surface area contributed by atoms with Gasteiger partial charge in [0, 0.05) is 13.1 Å². The van der Waals surface area contributed by atoms with Crippen LogP contribution in [0.4, 0.5) is 0 Å². The number of amides is 1. The molecule has 5 N–H and O–H groups in total. The van der Waals surface area contributed by atoms with Gasteiger partial charge in [-0.05, 0) is 26.4 Å². The van der Waals surface area contributed by atoms with Gasteiger partial charge in [-0.2, -0.15) is 0 Å². The molecule has 0 aliphatic carbocycles. The van der Waals surface area contributed by atoms with Gasteiger partial charge in [0.05, 0.1) is 0 Å². The fraction of sp³-hybridized carbons (Fsp3) is 0.833. The van der Waals surface area contributed by atoms with E-state index in [9.17, 15) is 9.59 Å². The first kappa shape index (κ1) is 17.8. The lowest BCUT2D eigenvalue weighted by Crippen LogP contribution is -2.47. The first-order chi connectivity index (χ1) is 8.73. The molecule has 2 atom stereocenters. The summed E-state index contributed by atoms with van der Waals surface area (Å²) in [6.45, 7) is 5.01. The number of carbonyl (C=O) groups excluding carboxylic acids is 2. The van der Waals surface area contributed by atoms with Crippen molar-refractivity contribution in [2.24, 2.45) is 17.4 Å². The van der Waals surface area contributed by atoms with Crippen LogP contribution in [0.1, 0.15) is 20.3 Å². The summed E-state index contributed by atoms with van der Waals surface area (Å²) in [5, 5.41) is 2.58. The number of ether oxygens (including phenoxy) is 1. The second kappa shape index (κ2) is 8.84. The fourth-order valence-electron chi connectivity index (χ4n) is 1.37. The number of hydrogen-bond donors (Lipinski definition) is 3. The molecule has 0 rings (SSSR count). The molecule has 0 fully saturated rings. The standard InChI is InChI=1S/C12H26N4O3/c1-8(2)7-9(13)12(18)19-10(14)11(17)15-5-6-16(3)4/h8-10H,5-7,13-14H2,1-4H3,(H,15,17)/t9-,10+/m1/s1. The predicted octanol–water partition coefficient (Wildman–Crippen LogP) is -1.13. The van der Waals surface area contributed by atoms with Gasteiger partial charge in [0.2, 0.25) is 6.23 Å². The Morgan fingerprint density at radius 2 is 1.84 bits per heavy atom. The molecule has 0 radical (unpaired) electrons. The van der Waals surface area contributed by atoms with Gasteiger partial charge in [-0.1, -0.05) is 13.8 Å². The zero-order chi connectivity index (χ0) is 15.0. The molecular formula is C12H26N4O3. The maximum absolute atomic E-state index is 11.6. The van der Waals surface area contributed by atoms with E-state index in [4.69, 9.17) is 16.2 Å². The van der Waals surface area contributed by atoms with Crippen LogP contribution in [0.2, 0.25) is 0 Å². The van der Waals surface area contributed by atoms with Crippen molar-refractivity contribution in [2.45, 2.75) is 32.5 Å². The molecule has 0 unspecified atom stereocenters. The Morgan fingerprint density at radius 1 is 1.26 bits per heavy atom. The van der Waals surface area contributed by atoms with Crippen molar-refractivity contribution in [3.63, 3.8) is 0 Å². The van der Waals surface area contributed by atoms with Crippen LogP contribution < -0.4 is 16.8 Å². The molecule has 7 nitrogen and oxygen atoms in total. The van der Waals surface area contributed by atoms with Crippen LogP contribution in [0.3, 0.4) is 0 Å². The molecular weight excluding hydrogens is 248 g/mol. The van der Waals surface area contributed by atoms with E-state index in [1.807, 2.05) is 32.8 Å². The lowest BCUT2D eigenvalue weighted by molar-refractivity contribution is -0.157. The van der Waals surface area contributed by atoms with Gasteiger partial charge < -0.3 is 20.7 Å². The third-order valence-corrected chi connectivity index (χ3v) is 2.39. The maximum atomic E-state index is 11.6. The first-order valence-corrected chi connectivity index (χ1v) is 6.38. The predicted molar refractivity (Wildman–Crippen MR) is 73.1 cm³/mol. The van der Waals surface area contributed by atoms with E-state index in [-0.39, 0.29) is 5.92 Å². The zero-order valence-electron chi connectivity index (χ0n) is 12.2. The van der Waals surface area contributed by atoms with E-state index in [1.165, 1.54) is 0 Å². The van der Waals surface area contributed by atoms with Crippen LogP contribution in [-0.2, 0) is 14.3 Å². The van der Waals surface area contributed by atoms with E-state index in [0.29, 0.717) is 19.5 Å². The molecule has 112 valence electrons. The molecule has 0 aliphatic rings. The molecule has 1 amide bonds. The quantitative estimate of drug-likeness (QED) is 0.381. The van der Waals surface area contributed by atoms with Gasteiger partial charge in [-0.25, -0.2) is 0 Å². The minimum atomic E-state index is -1.31. The molecule has 19 heavy (non-hydrogen) atoms. The Morgan fingerprint density at radius 3 is 2.32 bits per heavy atom. The Labute approximate surface area is 114 Å². The summed E-state index contributed by atoms with van der Waals surface area (Å²) in [5.41, 5.74) is 11.1. The van der Waals surface area contributed by atoms with Crippen molar-refractivity contribution in [1.29, 1.82) is 0 Å². The summed E-state index contributed by atoms with van der Waals surface area (Å²) >= 11 is 0. The van der Waals surface area contributed by atoms with Crippen LogP contribution in [0.15, 0.2) is 0 Å². The molecule has 0 aliphatic heterocycles. The summed E-state index contributed by atoms with van der Waals surface area (Å²) < 4.78 is 4.82. The lowest BCUT2D eigenvalue weighted by atomic mass is 10.1. The van der Waals surface area contributed by atoms with Crippen molar-refractivity contribution >= 4 is 11.9 Å². The van der Waals surface area contributed by atoms with E-state index >= 15 is 0 Å². The zero-order valence-corrected chi connectivity index (χ0v) is 12.2. The summed E-state index contributed by atoms with van der Waals surface area (Å²) in [7, 11) is 3.77. The topological polar surface area (TPSA) is 111 Å². The molecule has 0 heterocycles. The fourth-order valence-corrected chi connectivity index (χ4v) is 1.37. The third kappa shape index (κ3) is 8.52. The van der Waals surface area contributed by atoms with Gasteiger partial charge >= 0.3 is 5.97 Å². The Kier molecular flexibility index (Phi) is 8.29. The first-order valence-electron chi connectivity index (χ1n) is 6.38. The molecule has 0 aromatic heterocycles. The second-order valence-electron chi connectivity index (χ2n) is 5.19. The monoisotopic (exact) mass is 274 g/mol. The summed E-state index contributed by atoms with van der Waals surface area (Å²) in [6.07, 6.45) is -0.818. The van der Waals surface area contributed by atoms with E-state index < -0.39 is 24.1 Å². The number of likely N-dealkylation sites (N-methyl/N-ethyl adjacent to an activating group) is 1. The molecule has 7 heteroatoms. The highest BCUT2D eigenvalue weighted by molar-refractivity contribution is 5.84. The second-order valence-corrected chi connectivity index (χ2v) is 5.19. The smallest absolute Gasteiger partial charge is 0.324 e. The number of nitrogens with zero attached hydrogens (tertiary/aromatic N) is 1. The van der Waals surface area contributed by atoms with Gasteiger partial charge in [-0.15, -0.1) is 0 Å². The highest BCUT2D eigenvalue weighted by Gasteiger charge is 2.23. The molecule has 0 saturated heterocycles. The van der Waals surface area contributed by atoms with Crippen LogP contribution in [0, 0.1) is 5.92 Å².